The van der Waals surface area contributed by atoms with Gasteiger partial charge in [-0.2, -0.15) is 0 Å². The van der Waals surface area contributed by atoms with Gasteiger partial charge in [0.25, 0.3) is 0 Å². The van der Waals surface area contributed by atoms with Crippen LogP contribution in [0.2, 0.25) is 0 Å². The normalized spacial score (nSPS) is 10.3. The van der Waals surface area contributed by atoms with Crippen LogP contribution in [0, 0.1) is 0 Å². The molecule has 0 saturated heterocycles. The number of fused-ring (bicyclic) bond motifs is 1. The van der Waals surface area contributed by atoms with E-state index < -0.39 is 0 Å². The van der Waals surface area contributed by atoms with Gasteiger partial charge in [-0.05, 0) is 6.07 Å². The Kier molecular flexibility index (Phi) is 1.55. The van der Waals surface area contributed by atoms with E-state index >= 15 is 0 Å². The van der Waals surface area contributed by atoms with E-state index in [1.54, 1.807) is 12.1 Å². The molecule has 0 aliphatic heterocycles. The topological polar surface area (TPSA) is 56.0 Å². The van der Waals surface area contributed by atoms with Crippen LogP contribution in [0.15, 0.2) is 18.2 Å². The lowest BCUT2D eigenvalue weighted by Gasteiger charge is -1.89. The molecule has 3 nitrogen and oxygen atoms in total. The van der Waals surface area contributed by atoms with Gasteiger partial charge in [0.15, 0.2) is 11.4 Å². The van der Waals surface area contributed by atoms with Gasteiger partial charge in [-0.15, -0.1) is 0 Å². The number of aldehydes is 1. The van der Waals surface area contributed by atoms with E-state index in [-0.39, 0.29) is 0 Å². The Balaban J connectivity index is 2.86. The van der Waals surface area contributed by atoms with E-state index in [4.69, 9.17) is 5.73 Å². The van der Waals surface area contributed by atoms with Gasteiger partial charge in [0.1, 0.15) is 0 Å². The molecule has 0 bridgehead atoms. The molecular formula is C8H6N2OS. The number of carbonyl (C=O) groups excluding carboxylic acids is 1. The van der Waals surface area contributed by atoms with Crippen molar-refractivity contribution in [1.29, 1.82) is 0 Å². The number of aromatic nitrogens is 1. The molecule has 4 heteroatoms. The summed E-state index contributed by atoms with van der Waals surface area (Å²) in [5, 5.41) is 0.499. The zero-order valence-corrected chi connectivity index (χ0v) is 6.97. The molecule has 2 rings (SSSR count). The number of carbonyl (C=O) groups is 1. The molecule has 2 N–H and O–H groups in total. The maximum atomic E-state index is 10.6. The first kappa shape index (κ1) is 7.24. The highest BCUT2D eigenvalue weighted by Gasteiger charge is 2.03. The number of nitrogens with two attached hydrogens (primary N) is 1. The van der Waals surface area contributed by atoms with Crippen LogP contribution in [0.25, 0.3) is 10.2 Å². The number of nitrogen functional groups attached to an aromatic ring is 1. The predicted molar refractivity (Wildman–Crippen MR) is 49.4 cm³/mol. The van der Waals surface area contributed by atoms with Gasteiger partial charge in [0.2, 0.25) is 0 Å². The van der Waals surface area contributed by atoms with Crippen LogP contribution >= 0.6 is 11.3 Å². The van der Waals surface area contributed by atoms with Gasteiger partial charge >= 0.3 is 0 Å². The van der Waals surface area contributed by atoms with Gasteiger partial charge in [0, 0.05) is 5.56 Å². The molecule has 60 valence electrons. The number of benzene rings is 1. The average molecular weight is 178 g/mol. The van der Waals surface area contributed by atoms with E-state index in [2.05, 4.69) is 4.98 Å². The lowest BCUT2D eigenvalue weighted by molar-refractivity contribution is 0.112. The van der Waals surface area contributed by atoms with Crippen LogP contribution < -0.4 is 5.73 Å². The molecule has 1 aromatic heterocycles. The van der Waals surface area contributed by atoms with Gasteiger partial charge in [-0.3, -0.25) is 4.79 Å². The second kappa shape index (κ2) is 2.57. The Labute approximate surface area is 72.8 Å². The Morgan fingerprint density at radius 1 is 1.50 bits per heavy atom. The van der Waals surface area contributed by atoms with E-state index in [0.29, 0.717) is 10.7 Å². The van der Waals surface area contributed by atoms with Crippen LogP contribution in [-0.4, -0.2) is 11.3 Å². The fraction of sp³-hybridized carbons (Fsp3) is 0. The molecule has 0 aliphatic carbocycles. The zero-order valence-electron chi connectivity index (χ0n) is 6.15. The smallest absolute Gasteiger partial charge is 0.181 e. The highest BCUT2D eigenvalue weighted by Crippen LogP contribution is 2.25. The summed E-state index contributed by atoms with van der Waals surface area (Å²) in [7, 11) is 0. The zero-order chi connectivity index (χ0) is 8.55. The third kappa shape index (κ3) is 0.967. The molecule has 1 heterocycles. The van der Waals surface area contributed by atoms with Crippen LogP contribution in [0.4, 0.5) is 5.13 Å². The fourth-order valence-corrected chi connectivity index (χ4v) is 1.89. The molecular weight excluding hydrogens is 172 g/mol. The number of thiazole rings is 1. The van der Waals surface area contributed by atoms with Crippen LogP contribution in [0.3, 0.4) is 0 Å². The predicted octanol–water partition coefficient (Wildman–Crippen LogP) is 1.69. The minimum atomic E-state index is 0.499. The van der Waals surface area contributed by atoms with Gasteiger partial charge in [-0.25, -0.2) is 4.98 Å². The van der Waals surface area contributed by atoms with Gasteiger partial charge in [0.05, 0.1) is 10.2 Å². The van der Waals surface area contributed by atoms with Gasteiger partial charge < -0.3 is 5.73 Å². The Hall–Kier alpha value is -1.42. The van der Waals surface area contributed by atoms with Crippen molar-refractivity contribution < 1.29 is 4.79 Å². The van der Waals surface area contributed by atoms with Crippen molar-refractivity contribution in [3.05, 3.63) is 23.8 Å². The number of rotatable bonds is 1. The lowest BCUT2D eigenvalue weighted by Crippen LogP contribution is -1.79. The number of hydrogen-bond acceptors (Lipinski definition) is 4. The van der Waals surface area contributed by atoms with Crippen LogP contribution in [0.1, 0.15) is 10.4 Å². The van der Waals surface area contributed by atoms with E-state index in [1.807, 2.05) is 6.07 Å². The first-order valence-corrected chi connectivity index (χ1v) is 4.23. The first-order chi connectivity index (χ1) is 5.81. The van der Waals surface area contributed by atoms with Crippen molar-refractivity contribution in [1.82, 2.24) is 4.98 Å². The fourth-order valence-electron chi connectivity index (χ4n) is 1.08. The molecule has 0 radical (unpaired) electrons. The summed E-state index contributed by atoms with van der Waals surface area (Å²) in [5.74, 6) is 0. The molecule has 0 amide bonds. The second-order valence-corrected chi connectivity index (χ2v) is 3.40. The van der Waals surface area contributed by atoms with Crippen LogP contribution in [0.5, 0.6) is 0 Å². The number of hydrogen-bond donors (Lipinski definition) is 1. The van der Waals surface area contributed by atoms with Crippen LogP contribution in [-0.2, 0) is 0 Å². The highest BCUT2D eigenvalue weighted by molar-refractivity contribution is 7.22. The molecule has 0 atom stereocenters. The van der Waals surface area contributed by atoms with E-state index in [9.17, 15) is 4.79 Å². The first-order valence-electron chi connectivity index (χ1n) is 3.41. The number of anilines is 1. The maximum Gasteiger partial charge on any atom is 0.181 e. The van der Waals surface area contributed by atoms with E-state index in [1.165, 1.54) is 11.3 Å². The van der Waals surface area contributed by atoms with Crippen molar-refractivity contribution in [2.24, 2.45) is 0 Å². The van der Waals surface area contributed by atoms with Crippen molar-refractivity contribution in [3.8, 4) is 0 Å². The van der Waals surface area contributed by atoms with Crippen molar-refractivity contribution in [2.75, 3.05) is 5.73 Å². The summed E-state index contributed by atoms with van der Waals surface area (Å²) >= 11 is 1.34. The third-order valence-electron chi connectivity index (χ3n) is 1.59. The van der Waals surface area contributed by atoms with Crippen molar-refractivity contribution in [3.63, 3.8) is 0 Å². The Morgan fingerprint density at radius 3 is 3.08 bits per heavy atom. The Morgan fingerprint density at radius 2 is 2.33 bits per heavy atom. The van der Waals surface area contributed by atoms with Crippen molar-refractivity contribution >= 4 is 33.0 Å². The minimum absolute atomic E-state index is 0.499. The summed E-state index contributed by atoms with van der Waals surface area (Å²) in [6, 6.07) is 5.40. The average Bonchev–Trinajstić information content (AvgIpc) is 2.44. The molecule has 0 saturated carbocycles. The maximum absolute atomic E-state index is 10.6. The molecule has 0 aliphatic rings. The number of nitrogens with zero attached hydrogens (tertiary/aromatic N) is 1. The summed E-state index contributed by atoms with van der Waals surface area (Å²) in [5.41, 5.74) is 6.95. The standard InChI is InChI=1S/C8H6N2OS/c9-8-10-6-3-1-2-5(4-11)7(6)12-8/h1-4H,(H2,9,10). The lowest BCUT2D eigenvalue weighted by atomic mass is 10.2. The quantitative estimate of drug-likeness (QED) is 0.676. The van der Waals surface area contributed by atoms with Gasteiger partial charge in [-0.1, -0.05) is 23.5 Å². The molecule has 1 aromatic carbocycles. The molecule has 0 fully saturated rings. The molecule has 2 aromatic rings. The SMILES string of the molecule is Nc1nc2cccc(C=O)c2s1. The minimum Gasteiger partial charge on any atom is -0.375 e. The monoisotopic (exact) mass is 178 g/mol. The second-order valence-electron chi connectivity index (χ2n) is 2.37. The summed E-state index contributed by atoms with van der Waals surface area (Å²) < 4.78 is 0.866. The largest absolute Gasteiger partial charge is 0.375 e. The third-order valence-corrected chi connectivity index (χ3v) is 2.54. The van der Waals surface area contributed by atoms with E-state index in [0.717, 1.165) is 16.5 Å². The summed E-state index contributed by atoms with van der Waals surface area (Å²) in [6.45, 7) is 0. The molecule has 12 heavy (non-hydrogen) atoms. The molecule has 0 unspecified atom stereocenters. The molecule has 0 spiro atoms. The van der Waals surface area contributed by atoms with Crippen molar-refractivity contribution in [2.45, 2.75) is 0 Å². The summed E-state index contributed by atoms with van der Waals surface area (Å²) in [4.78, 5) is 14.6. The highest BCUT2D eigenvalue weighted by atomic mass is 32.1. The Bertz CT molecular complexity index is 436. The summed E-state index contributed by atoms with van der Waals surface area (Å²) in [6.07, 6.45) is 0.819.